The molecule has 0 saturated carbocycles. The van der Waals surface area contributed by atoms with Crippen molar-refractivity contribution in [3.8, 4) is 17.6 Å². The SMILES string of the molecule is COc1cc(C(=O)OCCN(CCc2c[nH]c3ccccc23)Cc2ccc(C3C#CC3C(=O)NO)cc2)cc(C)c1C. The minimum Gasteiger partial charge on any atom is -0.496 e. The van der Waals surface area contributed by atoms with E-state index in [1.807, 2.05) is 56.3 Å². The molecule has 1 aromatic heterocycles. The van der Waals surface area contributed by atoms with E-state index < -0.39 is 11.8 Å². The first-order chi connectivity index (χ1) is 20.4. The molecule has 1 heterocycles. The van der Waals surface area contributed by atoms with E-state index in [2.05, 4.69) is 40.1 Å². The van der Waals surface area contributed by atoms with Crippen LogP contribution in [0.5, 0.6) is 5.75 Å². The van der Waals surface area contributed by atoms with Gasteiger partial charge >= 0.3 is 5.97 Å². The lowest BCUT2D eigenvalue weighted by Gasteiger charge is -2.24. The maximum atomic E-state index is 12.9. The molecule has 0 aliphatic heterocycles. The number of aryl methyl sites for hydroxylation is 1. The molecule has 5 rings (SSSR count). The maximum absolute atomic E-state index is 12.9. The Morgan fingerprint density at radius 1 is 1.05 bits per heavy atom. The number of benzene rings is 3. The van der Waals surface area contributed by atoms with Crippen LogP contribution in [0.1, 0.15) is 44.1 Å². The quantitative estimate of drug-likeness (QED) is 0.0976. The number of hydrogen-bond donors (Lipinski definition) is 3. The molecule has 8 heteroatoms. The minimum atomic E-state index is -0.541. The van der Waals surface area contributed by atoms with E-state index in [0.29, 0.717) is 24.4 Å². The minimum absolute atomic E-state index is 0.229. The predicted molar refractivity (Wildman–Crippen MR) is 160 cm³/mol. The molecule has 1 aliphatic carbocycles. The number of rotatable bonds is 12. The Morgan fingerprint density at radius 2 is 1.83 bits per heavy atom. The maximum Gasteiger partial charge on any atom is 0.338 e. The van der Waals surface area contributed by atoms with Gasteiger partial charge in [-0.2, -0.15) is 0 Å². The Hall–Kier alpha value is -4.58. The Balaban J connectivity index is 1.26. The summed E-state index contributed by atoms with van der Waals surface area (Å²) >= 11 is 0. The zero-order valence-electron chi connectivity index (χ0n) is 24.1. The highest BCUT2D eigenvalue weighted by Crippen LogP contribution is 2.30. The molecule has 1 amide bonds. The van der Waals surface area contributed by atoms with Gasteiger partial charge < -0.3 is 14.5 Å². The average Bonchev–Trinajstić information content (AvgIpc) is 3.40. The third kappa shape index (κ3) is 6.33. The van der Waals surface area contributed by atoms with Crippen LogP contribution >= 0.6 is 0 Å². The van der Waals surface area contributed by atoms with Crippen molar-refractivity contribution in [3.63, 3.8) is 0 Å². The van der Waals surface area contributed by atoms with E-state index in [-0.39, 0.29) is 18.5 Å². The lowest BCUT2D eigenvalue weighted by Crippen LogP contribution is -2.34. The van der Waals surface area contributed by atoms with Gasteiger partial charge in [0, 0.05) is 36.7 Å². The summed E-state index contributed by atoms with van der Waals surface area (Å²) in [5.41, 5.74) is 8.53. The van der Waals surface area contributed by atoms with Crippen molar-refractivity contribution in [1.82, 2.24) is 15.4 Å². The van der Waals surface area contributed by atoms with E-state index in [1.54, 1.807) is 18.7 Å². The van der Waals surface area contributed by atoms with Gasteiger partial charge in [0.05, 0.1) is 18.6 Å². The van der Waals surface area contributed by atoms with E-state index >= 15 is 0 Å². The Labute approximate surface area is 245 Å². The second-order valence-corrected chi connectivity index (χ2v) is 10.6. The molecule has 0 bridgehead atoms. The first kappa shape index (κ1) is 28.9. The number of fused-ring (bicyclic) bond motifs is 1. The number of nitrogens with zero attached hydrogens (tertiary/aromatic N) is 1. The van der Waals surface area contributed by atoms with Gasteiger partial charge in [-0.25, -0.2) is 10.3 Å². The van der Waals surface area contributed by atoms with E-state index in [1.165, 1.54) is 10.9 Å². The zero-order chi connectivity index (χ0) is 29.6. The number of amides is 1. The van der Waals surface area contributed by atoms with Crippen LogP contribution in [-0.4, -0.2) is 53.8 Å². The molecule has 4 aromatic rings. The van der Waals surface area contributed by atoms with Gasteiger partial charge in [-0.05, 0) is 66.3 Å². The van der Waals surface area contributed by atoms with E-state index in [4.69, 9.17) is 14.7 Å². The van der Waals surface area contributed by atoms with Gasteiger partial charge in [-0.3, -0.25) is 14.9 Å². The Bertz CT molecular complexity index is 1650. The highest BCUT2D eigenvalue weighted by atomic mass is 16.5. The van der Waals surface area contributed by atoms with Crippen molar-refractivity contribution in [2.45, 2.75) is 32.7 Å². The zero-order valence-corrected chi connectivity index (χ0v) is 24.1. The fourth-order valence-electron chi connectivity index (χ4n) is 5.30. The number of hydrogen-bond acceptors (Lipinski definition) is 6. The number of hydroxylamine groups is 1. The van der Waals surface area contributed by atoms with Gasteiger partial charge in [0.15, 0.2) is 0 Å². The molecule has 0 radical (unpaired) electrons. The van der Waals surface area contributed by atoms with Crippen molar-refractivity contribution in [2.24, 2.45) is 5.92 Å². The lowest BCUT2D eigenvalue weighted by molar-refractivity contribution is -0.132. The second-order valence-electron chi connectivity index (χ2n) is 10.6. The third-order valence-electron chi connectivity index (χ3n) is 7.95. The van der Waals surface area contributed by atoms with Crippen LogP contribution in [-0.2, 0) is 22.5 Å². The van der Waals surface area contributed by atoms with E-state index in [9.17, 15) is 9.59 Å². The predicted octanol–water partition coefficient (Wildman–Crippen LogP) is 4.92. The molecule has 3 aromatic carbocycles. The summed E-state index contributed by atoms with van der Waals surface area (Å²) in [7, 11) is 1.60. The average molecular weight is 566 g/mol. The number of para-hydroxylation sites is 1. The van der Waals surface area contributed by atoms with Gasteiger partial charge in [0.25, 0.3) is 5.91 Å². The number of aromatic nitrogens is 1. The third-order valence-corrected chi connectivity index (χ3v) is 7.95. The molecular weight excluding hydrogens is 530 g/mol. The summed E-state index contributed by atoms with van der Waals surface area (Å²) in [4.78, 5) is 30.3. The van der Waals surface area contributed by atoms with Crippen molar-refractivity contribution in [3.05, 3.63) is 100 Å². The Kier molecular flexibility index (Phi) is 8.91. The van der Waals surface area contributed by atoms with Crippen LogP contribution in [0.25, 0.3) is 10.9 Å². The first-order valence-electron chi connectivity index (χ1n) is 14.0. The van der Waals surface area contributed by atoms with Gasteiger partial charge in [0.2, 0.25) is 0 Å². The van der Waals surface area contributed by atoms with Crippen LogP contribution in [0, 0.1) is 31.6 Å². The number of nitrogens with one attached hydrogen (secondary N) is 2. The number of esters is 1. The molecule has 2 unspecified atom stereocenters. The molecule has 0 spiro atoms. The smallest absolute Gasteiger partial charge is 0.338 e. The molecule has 2 atom stereocenters. The molecule has 0 saturated heterocycles. The van der Waals surface area contributed by atoms with Crippen LogP contribution in [0.2, 0.25) is 0 Å². The first-order valence-corrected chi connectivity index (χ1v) is 14.0. The number of methoxy groups -OCH3 is 1. The number of aromatic amines is 1. The summed E-state index contributed by atoms with van der Waals surface area (Å²) in [5.74, 6) is 4.86. The van der Waals surface area contributed by atoms with Crippen molar-refractivity contribution >= 4 is 22.8 Å². The monoisotopic (exact) mass is 565 g/mol. The fraction of sp³-hybridized carbons (Fsp3) is 0.294. The summed E-state index contributed by atoms with van der Waals surface area (Å²) in [6, 6.07) is 19.8. The topological polar surface area (TPSA) is 104 Å². The molecule has 216 valence electrons. The van der Waals surface area contributed by atoms with Crippen molar-refractivity contribution in [1.29, 1.82) is 0 Å². The highest BCUT2D eigenvalue weighted by Gasteiger charge is 2.32. The largest absolute Gasteiger partial charge is 0.496 e. The van der Waals surface area contributed by atoms with Crippen LogP contribution < -0.4 is 10.2 Å². The number of carbonyl (C=O) groups excluding carboxylic acids is 2. The lowest BCUT2D eigenvalue weighted by atomic mass is 9.79. The standard InChI is InChI=1S/C34H35N3O5/c1-22-18-27(19-32(41-3)23(22)2)34(39)42-17-16-37(15-14-26-20-35-31-7-5-4-6-29(26)31)21-24-8-10-25(11-9-24)28-12-13-30(28)33(38)36-40/h4-11,18-20,28,30,35,40H,14-17,21H2,1-3H3,(H,36,38). The second kappa shape index (κ2) is 12.9. The van der Waals surface area contributed by atoms with Crippen LogP contribution in [0.3, 0.4) is 0 Å². The molecule has 42 heavy (non-hydrogen) atoms. The molecule has 8 nitrogen and oxygen atoms in total. The molecular formula is C34H35N3O5. The molecule has 3 N–H and O–H groups in total. The van der Waals surface area contributed by atoms with Crippen LogP contribution in [0.15, 0.2) is 66.9 Å². The summed E-state index contributed by atoms with van der Waals surface area (Å²) in [6.07, 6.45) is 2.89. The Morgan fingerprint density at radius 3 is 2.55 bits per heavy atom. The highest BCUT2D eigenvalue weighted by molar-refractivity contribution is 5.90. The number of carbonyl (C=O) groups is 2. The van der Waals surface area contributed by atoms with Crippen molar-refractivity contribution in [2.75, 3.05) is 26.8 Å². The number of H-pyrrole nitrogens is 1. The van der Waals surface area contributed by atoms with Crippen molar-refractivity contribution < 1.29 is 24.3 Å². The normalized spacial score (nSPS) is 15.5. The molecule has 0 fully saturated rings. The van der Waals surface area contributed by atoms with Gasteiger partial charge in [-0.1, -0.05) is 54.3 Å². The fourth-order valence-corrected chi connectivity index (χ4v) is 5.30. The van der Waals surface area contributed by atoms with E-state index in [0.717, 1.165) is 40.7 Å². The summed E-state index contributed by atoms with van der Waals surface area (Å²) < 4.78 is 11.1. The summed E-state index contributed by atoms with van der Waals surface area (Å²) in [5, 5.41) is 10.2. The van der Waals surface area contributed by atoms with Gasteiger partial charge in [0.1, 0.15) is 18.3 Å². The van der Waals surface area contributed by atoms with Gasteiger partial charge in [-0.15, -0.1) is 0 Å². The molecule has 1 aliphatic rings. The van der Waals surface area contributed by atoms with Crippen LogP contribution in [0.4, 0.5) is 0 Å². The number of ether oxygens (including phenoxy) is 2. The summed E-state index contributed by atoms with van der Waals surface area (Å²) in [6.45, 7) is 6.15.